The summed E-state index contributed by atoms with van der Waals surface area (Å²) in [6.07, 6.45) is 4.24. The van der Waals surface area contributed by atoms with Crippen LogP contribution in [0.2, 0.25) is 5.02 Å². The molecule has 4 heteroatoms. The van der Waals surface area contributed by atoms with Crippen LogP contribution in [0.3, 0.4) is 0 Å². The van der Waals surface area contributed by atoms with Gasteiger partial charge in [0, 0.05) is 11.8 Å². The molecule has 0 N–H and O–H groups in total. The van der Waals surface area contributed by atoms with Gasteiger partial charge in [-0.1, -0.05) is 96.5 Å². The number of hydrogen-bond donors (Lipinski definition) is 0. The van der Waals surface area contributed by atoms with Gasteiger partial charge in [-0.05, 0) is 34.4 Å². The lowest BCUT2D eigenvalue weighted by Crippen LogP contribution is -2.33. The fourth-order valence-corrected chi connectivity index (χ4v) is 5.90. The Morgan fingerprint density at radius 3 is 1.62 bits per heavy atom. The zero-order chi connectivity index (χ0) is 21.8. The number of halogens is 1. The van der Waals surface area contributed by atoms with Gasteiger partial charge in [-0.25, -0.2) is 4.90 Å². The molecule has 1 saturated heterocycles. The summed E-state index contributed by atoms with van der Waals surface area (Å²) in [6, 6.07) is 27.6. The van der Waals surface area contributed by atoms with Crippen LogP contribution in [0.4, 0.5) is 5.69 Å². The van der Waals surface area contributed by atoms with E-state index in [-0.39, 0.29) is 35.5 Å². The Hall–Kier alpha value is -3.43. The van der Waals surface area contributed by atoms with Gasteiger partial charge in [0.15, 0.2) is 0 Å². The van der Waals surface area contributed by atoms with Crippen LogP contribution in [-0.4, -0.2) is 11.8 Å². The Kier molecular flexibility index (Phi) is 4.41. The van der Waals surface area contributed by atoms with Gasteiger partial charge in [0.25, 0.3) is 0 Å². The molecule has 0 unspecified atom stereocenters. The summed E-state index contributed by atoms with van der Waals surface area (Å²) in [5, 5.41) is 0.416. The Morgan fingerprint density at radius 1 is 0.656 bits per heavy atom. The first-order valence-corrected chi connectivity index (χ1v) is 11.2. The van der Waals surface area contributed by atoms with E-state index in [1.807, 2.05) is 36.4 Å². The minimum atomic E-state index is -0.383. The zero-order valence-corrected chi connectivity index (χ0v) is 17.9. The van der Waals surface area contributed by atoms with Gasteiger partial charge in [-0.15, -0.1) is 0 Å². The van der Waals surface area contributed by atoms with Crippen molar-refractivity contribution >= 4 is 34.7 Å². The molecular formula is C28H20ClNO2. The maximum Gasteiger partial charge on any atom is 0.238 e. The number of nitrogens with zero attached hydrogens (tertiary/aromatic N) is 1. The monoisotopic (exact) mass is 437 g/mol. The molecule has 4 atom stereocenters. The average molecular weight is 438 g/mol. The number of amides is 2. The number of anilines is 1. The highest BCUT2D eigenvalue weighted by molar-refractivity contribution is 6.36. The molecule has 32 heavy (non-hydrogen) atoms. The third-order valence-electron chi connectivity index (χ3n) is 6.92. The first-order chi connectivity index (χ1) is 15.7. The van der Waals surface area contributed by atoms with Gasteiger partial charge >= 0.3 is 0 Å². The lowest BCUT2D eigenvalue weighted by atomic mass is 9.85. The number of carbonyl (C=O) groups excluding carboxylic acids is 2. The van der Waals surface area contributed by atoms with Gasteiger partial charge in [-0.3, -0.25) is 9.59 Å². The molecule has 3 aromatic carbocycles. The van der Waals surface area contributed by atoms with E-state index in [0.717, 1.165) is 16.7 Å². The van der Waals surface area contributed by atoms with E-state index in [9.17, 15) is 9.59 Å². The molecule has 2 bridgehead atoms. The van der Waals surface area contributed by atoms with Gasteiger partial charge in [0.1, 0.15) is 0 Å². The molecule has 3 aliphatic rings. The Bertz CT molecular complexity index is 1220. The molecule has 2 aliphatic carbocycles. The summed E-state index contributed by atoms with van der Waals surface area (Å²) < 4.78 is 0. The van der Waals surface area contributed by atoms with E-state index in [0.29, 0.717) is 10.7 Å². The molecule has 156 valence electrons. The lowest BCUT2D eigenvalue weighted by molar-refractivity contribution is -0.122. The molecule has 2 fully saturated rings. The van der Waals surface area contributed by atoms with Gasteiger partial charge < -0.3 is 0 Å². The molecule has 1 saturated carbocycles. The van der Waals surface area contributed by atoms with Gasteiger partial charge in [0.2, 0.25) is 11.8 Å². The molecule has 6 rings (SSSR count). The van der Waals surface area contributed by atoms with Crippen LogP contribution < -0.4 is 4.90 Å². The van der Waals surface area contributed by atoms with Crippen molar-refractivity contribution in [2.45, 2.75) is 0 Å². The summed E-state index contributed by atoms with van der Waals surface area (Å²) in [7, 11) is 0. The van der Waals surface area contributed by atoms with Crippen LogP contribution in [0.15, 0.2) is 103 Å². The topological polar surface area (TPSA) is 37.4 Å². The van der Waals surface area contributed by atoms with Crippen molar-refractivity contribution in [3.63, 3.8) is 0 Å². The van der Waals surface area contributed by atoms with E-state index in [1.165, 1.54) is 10.5 Å². The molecule has 0 spiro atoms. The minimum absolute atomic E-state index is 0.0932. The van der Waals surface area contributed by atoms with E-state index in [2.05, 4.69) is 36.4 Å². The number of imide groups is 1. The third-order valence-corrected chi connectivity index (χ3v) is 7.24. The Balaban J connectivity index is 1.50. The van der Waals surface area contributed by atoms with Gasteiger partial charge in [-0.2, -0.15) is 0 Å². The minimum Gasteiger partial charge on any atom is -0.274 e. The van der Waals surface area contributed by atoms with E-state index < -0.39 is 0 Å². The van der Waals surface area contributed by atoms with Crippen LogP contribution >= 0.6 is 11.6 Å². The molecule has 1 aliphatic heterocycles. The molecule has 0 aromatic heterocycles. The summed E-state index contributed by atoms with van der Waals surface area (Å²) >= 11 is 6.35. The third kappa shape index (κ3) is 2.68. The highest BCUT2D eigenvalue weighted by Crippen LogP contribution is 2.59. The molecule has 3 nitrogen and oxygen atoms in total. The van der Waals surface area contributed by atoms with Crippen LogP contribution in [0.25, 0.3) is 5.57 Å². The number of para-hydroxylation sites is 1. The number of rotatable bonds is 3. The number of benzene rings is 3. The highest BCUT2D eigenvalue weighted by atomic mass is 35.5. The van der Waals surface area contributed by atoms with Crippen LogP contribution in [-0.2, 0) is 9.59 Å². The van der Waals surface area contributed by atoms with Crippen molar-refractivity contribution in [1.29, 1.82) is 0 Å². The van der Waals surface area contributed by atoms with Crippen molar-refractivity contribution in [3.8, 4) is 0 Å². The van der Waals surface area contributed by atoms with Crippen molar-refractivity contribution in [2.24, 2.45) is 23.7 Å². The molecule has 1 heterocycles. The Labute approximate surface area is 191 Å². The lowest BCUT2D eigenvalue weighted by Gasteiger charge is -2.22. The second-order valence-electron chi connectivity index (χ2n) is 8.51. The zero-order valence-electron chi connectivity index (χ0n) is 17.2. The largest absolute Gasteiger partial charge is 0.274 e. The van der Waals surface area contributed by atoms with E-state index >= 15 is 0 Å². The summed E-state index contributed by atoms with van der Waals surface area (Å²) in [6.45, 7) is 0. The van der Waals surface area contributed by atoms with Crippen LogP contribution in [0.1, 0.15) is 11.1 Å². The first kappa shape index (κ1) is 19.3. The summed E-state index contributed by atoms with van der Waals surface area (Å²) in [4.78, 5) is 28.5. The van der Waals surface area contributed by atoms with E-state index in [1.54, 1.807) is 24.3 Å². The summed E-state index contributed by atoms with van der Waals surface area (Å²) in [5.74, 6) is -1.25. The number of hydrogen-bond acceptors (Lipinski definition) is 2. The molecule has 0 radical (unpaired) electrons. The maximum atomic E-state index is 13.6. The number of allylic oxidation sites excluding steroid dienone is 3. The van der Waals surface area contributed by atoms with Crippen molar-refractivity contribution in [2.75, 3.05) is 4.90 Å². The standard InChI is InChI=1S/C28H20ClNO2/c29-21-13-7-8-14-22(21)30-27(31)25-19-15-16-20(26(25)28(30)32)24(19)23(17-9-3-1-4-10-17)18-11-5-2-6-12-18/h1-16,19-20,25-26H/t19-,20+,25-,26+. The fourth-order valence-electron chi connectivity index (χ4n) is 5.68. The van der Waals surface area contributed by atoms with Crippen molar-refractivity contribution in [3.05, 3.63) is 119 Å². The van der Waals surface area contributed by atoms with Crippen molar-refractivity contribution < 1.29 is 9.59 Å². The van der Waals surface area contributed by atoms with Crippen molar-refractivity contribution in [1.82, 2.24) is 0 Å². The fraction of sp³-hybridized carbons (Fsp3) is 0.143. The molecule has 3 aromatic rings. The predicted octanol–water partition coefficient (Wildman–Crippen LogP) is 5.76. The smallest absolute Gasteiger partial charge is 0.238 e. The summed E-state index contributed by atoms with van der Waals surface area (Å²) in [5.41, 5.74) is 5.00. The quantitative estimate of drug-likeness (QED) is 0.385. The second-order valence-corrected chi connectivity index (χ2v) is 8.92. The maximum absolute atomic E-state index is 13.6. The van der Waals surface area contributed by atoms with Crippen LogP contribution in [0, 0.1) is 23.7 Å². The molecule has 2 amide bonds. The second kappa shape index (κ2) is 7.32. The normalized spacial score (nSPS) is 25.5. The number of fused-ring (bicyclic) bond motifs is 5. The number of carbonyl (C=O) groups is 2. The highest BCUT2D eigenvalue weighted by Gasteiger charge is 2.62. The molecular weight excluding hydrogens is 418 g/mol. The SMILES string of the molecule is O=C1[C@@H]2[C@H](C(=O)N1c1ccccc1Cl)[C@@H]1C=C[C@H]2C1=C(c1ccccc1)c1ccccc1. The van der Waals surface area contributed by atoms with Gasteiger partial charge in [0.05, 0.1) is 22.5 Å². The predicted molar refractivity (Wildman–Crippen MR) is 126 cm³/mol. The first-order valence-electron chi connectivity index (χ1n) is 10.8. The average Bonchev–Trinajstić information content (AvgIpc) is 3.46. The van der Waals surface area contributed by atoms with Crippen LogP contribution in [0.5, 0.6) is 0 Å². The van der Waals surface area contributed by atoms with E-state index in [4.69, 9.17) is 11.6 Å². The Morgan fingerprint density at radius 2 is 1.12 bits per heavy atom.